The predicted octanol–water partition coefficient (Wildman–Crippen LogP) is 1.37. The van der Waals surface area contributed by atoms with Crippen LogP contribution in [0.1, 0.15) is 20.3 Å². The lowest BCUT2D eigenvalue weighted by molar-refractivity contribution is -0.114. The van der Waals surface area contributed by atoms with Crippen LogP contribution in [0.25, 0.3) is 0 Å². The van der Waals surface area contributed by atoms with Crippen LogP contribution in [-0.2, 0) is 4.79 Å². The van der Waals surface area contributed by atoms with Crippen molar-refractivity contribution >= 4 is 5.91 Å². The Morgan fingerprint density at radius 1 is 1.70 bits per heavy atom. The second-order valence-electron chi connectivity index (χ2n) is 2.60. The molecule has 2 N–H and O–H groups in total. The third-order valence-electron chi connectivity index (χ3n) is 1.08. The number of halogens is 1. The summed E-state index contributed by atoms with van der Waals surface area (Å²) in [4.78, 5) is 10.4. The number of primary amides is 1. The highest BCUT2D eigenvalue weighted by Gasteiger charge is 2.06. The molecule has 0 atom stereocenters. The molecular weight excluding hydrogens is 133 g/mol. The van der Waals surface area contributed by atoms with Crippen LogP contribution >= 0.6 is 0 Å². The number of hydrogen-bond donors (Lipinski definition) is 1. The van der Waals surface area contributed by atoms with Gasteiger partial charge in [-0.05, 0) is 12.3 Å². The van der Waals surface area contributed by atoms with Crippen LogP contribution in [-0.4, -0.2) is 5.91 Å². The second kappa shape index (κ2) is 4.04. The molecule has 0 aliphatic carbocycles. The molecular formula is C7H12FNO. The highest BCUT2D eigenvalue weighted by Crippen LogP contribution is 2.09. The first-order valence-electron chi connectivity index (χ1n) is 3.17. The number of carbonyl (C=O) groups excluding carboxylic acids is 1. The lowest BCUT2D eigenvalue weighted by Gasteiger charge is -2.02. The van der Waals surface area contributed by atoms with E-state index in [0.29, 0.717) is 6.42 Å². The average Bonchev–Trinajstić information content (AvgIpc) is 1.81. The van der Waals surface area contributed by atoms with Crippen LogP contribution < -0.4 is 5.73 Å². The summed E-state index contributed by atoms with van der Waals surface area (Å²) in [6.45, 7) is 3.79. The maximum Gasteiger partial charge on any atom is 0.246 e. The van der Waals surface area contributed by atoms with Gasteiger partial charge in [0.25, 0.3) is 0 Å². The predicted molar refractivity (Wildman–Crippen MR) is 37.8 cm³/mol. The number of nitrogens with two attached hydrogens (primary N) is 1. The quantitative estimate of drug-likeness (QED) is 0.599. The molecule has 0 aromatic rings. The zero-order chi connectivity index (χ0) is 8.15. The fourth-order valence-electron chi connectivity index (χ4n) is 0.639. The van der Waals surface area contributed by atoms with E-state index in [1.54, 1.807) is 0 Å². The first-order valence-corrected chi connectivity index (χ1v) is 3.17. The third kappa shape index (κ3) is 3.22. The van der Waals surface area contributed by atoms with Crippen molar-refractivity contribution in [2.45, 2.75) is 20.3 Å². The molecule has 1 amide bonds. The van der Waals surface area contributed by atoms with Gasteiger partial charge in [0.15, 0.2) is 0 Å². The Bertz CT molecular complexity index is 152. The minimum Gasteiger partial charge on any atom is -0.366 e. The van der Waals surface area contributed by atoms with Gasteiger partial charge in [0.05, 0.1) is 6.33 Å². The summed E-state index contributed by atoms with van der Waals surface area (Å²) in [6, 6.07) is 0. The van der Waals surface area contributed by atoms with E-state index in [2.05, 4.69) is 0 Å². The molecule has 0 rings (SSSR count). The van der Waals surface area contributed by atoms with Gasteiger partial charge in [0.2, 0.25) is 5.91 Å². The summed E-state index contributed by atoms with van der Waals surface area (Å²) in [5.74, 6) is -0.411. The molecule has 0 heterocycles. The minimum atomic E-state index is -0.670. The zero-order valence-electron chi connectivity index (χ0n) is 6.23. The van der Waals surface area contributed by atoms with Gasteiger partial charge in [0, 0.05) is 5.57 Å². The molecule has 3 heteroatoms. The van der Waals surface area contributed by atoms with E-state index in [1.165, 1.54) is 0 Å². The standard InChI is InChI=1S/C7H12FNO/c1-5(2)3-6(4-8)7(9)10/h4-5H,3H2,1-2H3,(H2,9,10)/b6-4-. The van der Waals surface area contributed by atoms with Crippen LogP contribution in [0.2, 0.25) is 0 Å². The summed E-state index contributed by atoms with van der Waals surface area (Å²) >= 11 is 0. The van der Waals surface area contributed by atoms with Crippen LogP contribution in [0.15, 0.2) is 11.9 Å². The monoisotopic (exact) mass is 145 g/mol. The molecule has 0 aliphatic heterocycles. The van der Waals surface area contributed by atoms with Crippen LogP contribution in [0.3, 0.4) is 0 Å². The Morgan fingerprint density at radius 3 is 2.30 bits per heavy atom. The van der Waals surface area contributed by atoms with Crippen molar-refractivity contribution in [1.82, 2.24) is 0 Å². The van der Waals surface area contributed by atoms with Gasteiger partial charge in [0.1, 0.15) is 0 Å². The molecule has 0 radical (unpaired) electrons. The van der Waals surface area contributed by atoms with Crippen molar-refractivity contribution in [2.75, 3.05) is 0 Å². The maximum atomic E-state index is 11.8. The van der Waals surface area contributed by atoms with Crippen molar-refractivity contribution in [3.05, 3.63) is 11.9 Å². The van der Waals surface area contributed by atoms with E-state index < -0.39 is 5.91 Å². The fraction of sp³-hybridized carbons (Fsp3) is 0.571. The van der Waals surface area contributed by atoms with Crippen LogP contribution in [0, 0.1) is 5.92 Å². The zero-order valence-corrected chi connectivity index (χ0v) is 6.23. The highest BCUT2D eigenvalue weighted by molar-refractivity contribution is 5.91. The number of carbonyl (C=O) groups is 1. The van der Waals surface area contributed by atoms with Gasteiger partial charge in [-0.15, -0.1) is 0 Å². The van der Waals surface area contributed by atoms with E-state index in [-0.39, 0.29) is 17.8 Å². The normalized spacial score (nSPS) is 12.2. The molecule has 58 valence electrons. The largest absolute Gasteiger partial charge is 0.366 e. The molecule has 0 spiro atoms. The Balaban J connectivity index is 3.99. The number of amides is 1. The fourth-order valence-corrected chi connectivity index (χ4v) is 0.639. The van der Waals surface area contributed by atoms with Crippen LogP contribution in [0.5, 0.6) is 0 Å². The number of rotatable bonds is 3. The van der Waals surface area contributed by atoms with Crippen LogP contribution in [0.4, 0.5) is 4.39 Å². The molecule has 0 fully saturated rings. The first-order chi connectivity index (χ1) is 4.57. The molecule has 0 saturated heterocycles. The Hall–Kier alpha value is -0.860. The highest BCUT2D eigenvalue weighted by atomic mass is 19.1. The molecule has 0 unspecified atom stereocenters. The summed E-state index contributed by atoms with van der Waals surface area (Å²) in [7, 11) is 0. The molecule has 0 aromatic heterocycles. The first kappa shape index (κ1) is 9.14. The SMILES string of the molecule is CC(C)C/C(=C/F)C(N)=O. The molecule has 0 saturated carbocycles. The summed E-state index contributed by atoms with van der Waals surface area (Å²) in [5.41, 5.74) is 4.91. The van der Waals surface area contributed by atoms with Gasteiger partial charge in [-0.1, -0.05) is 13.8 Å². The summed E-state index contributed by atoms with van der Waals surface area (Å²) in [6.07, 6.45) is 0.689. The van der Waals surface area contributed by atoms with Crippen molar-refractivity contribution in [3.8, 4) is 0 Å². The van der Waals surface area contributed by atoms with Crippen molar-refractivity contribution in [3.63, 3.8) is 0 Å². The van der Waals surface area contributed by atoms with Gasteiger partial charge in [-0.2, -0.15) is 0 Å². The second-order valence-corrected chi connectivity index (χ2v) is 2.60. The summed E-state index contributed by atoms with van der Waals surface area (Å²) < 4.78 is 11.8. The van der Waals surface area contributed by atoms with E-state index >= 15 is 0 Å². The minimum absolute atomic E-state index is 0.0648. The molecule has 0 bridgehead atoms. The van der Waals surface area contributed by atoms with Crippen molar-refractivity contribution in [1.29, 1.82) is 0 Å². The molecule has 0 aromatic carbocycles. The summed E-state index contributed by atoms with van der Waals surface area (Å²) in [5, 5.41) is 0. The van der Waals surface area contributed by atoms with Gasteiger partial charge >= 0.3 is 0 Å². The lowest BCUT2D eigenvalue weighted by Crippen LogP contribution is -2.14. The Kier molecular flexibility index (Phi) is 3.69. The third-order valence-corrected chi connectivity index (χ3v) is 1.08. The van der Waals surface area contributed by atoms with E-state index in [1.807, 2.05) is 13.8 Å². The van der Waals surface area contributed by atoms with E-state index in [0.717, 1.165) is 0 Å². The molecule has 2 nitrogen and oxygen atoms in total. The van der Waals surface area contributed by atoms with Crippen molar-refractivity contribution in [2.24, 2.45) is 11.7 Å². The Morgan fingerprint density at radius 2 is 2.20 bits per heavy atom. The smallest absolute Gasteiger partial charge is 0.246 e. The number of hydrogen-bond acceptors (Lipinski definition) is 1. The van der Waals surface area contributed by atoms with Gasteiger partial charge in [-0.3, -0.25) is 4.79 Å². The Labute approximate surface area is 59.9 Å². The topological polar surface area (TPSA) is 43.1 Å². The maximum absolute atomic E-state index is 11.8. The lowest BCUT2D eigenvalue weighted by atomic mass is 10.0. The average molecular weight is 145 g/mol. The van der Waals surface area contributed by atoms with Crippen molar-refractivity contribution < 1.29 is 9.18 Å². The molecule has 0 aliphatic rings. The van der Waals surface area contributed by atoms with Gasteiger partial charge < -0.3 is 5.73 Å². The molecule has 10 heavy (non-hydrogen) atoms. The van der Waals surface area contributed by atoms with Gasteiger partial charge in [-0.25, -0.2) is 4.39 Å². The van der Waals surface area contributed by atoms with E-state index in [4.69, 9.17) is 5.73 Å². The van der Waals surface area contributed by atoms with E-state index in [9.17, 15) is 9.18 Å².